The highest BCUT2D eigenvalue weighted by molar-refractivity contribution is 7.34. The van der Waals surface area contributed by atoms with E-state index in [-0.39, 0.29) is 0 Å². The Morgan fingerprint density at radius 2 is 1.56 bits per heavy atom. The lowest BCUT2D eigenvalue weighted by molar-refractivity contribution is 0.582. The van der Waals surface area contributed by atoms with E-state index >= 15 is 0 Å². The lowest BCUT2D eigenvalue weighted by Crippen LogP contribution is -2.55. The fourth-order valence-corrected chi connectivity index (χ4v) is 18.1. The molecule has 0 bridgehead atoms. The summed E-state index contributed by atoms with van der Waals surface area (Å²) in [5.74, 6) is 0. The molecule has 0 N–H and O–H groups in total. The Balaban J connectivity index is 2.57. The van der Waals surface area contributed by atoms with Crippen LogP contribution >= 0.6 is 22.2 Å². The Hall–Kier alpha value is 1.19. The van der Waals surface area contributed by atoms with Gasteiger partial charge in [0.2, 0.25) is 7.42 Å². The highest BCUT2D eigenvalue weighted by Gasteiger charge is 2.46. The summed E-state index contributed by atoms with van der Waals surface area (Å²) in [6.45, 7) is 13.6. The largest absolute Gasteiger partial charge is 0.345 e. The first-order chi connectivity index (χ1) is 7.17. The van der Waals surface area contributed by atoms with Gasteiger partial charge in [-0.2, -0.15) is 22.2 Å². The highest BCUT2D eigenvalue weighted by atomic mass is 35.7. The molecule has 16 heavy (non-hydrogen) atoms. The summed E-state index contributed by atoms with van der Waals surface area (Å²) in [5, 5.41) is 0. The molecule has 1 atom stereocenters. The molecule has 0 spiro atoms. The van der Waals surface area contributed by atoms with Crippen LogP contribution in [0.2, 0.25) is 43.8 Å². The van der Waals surface area contributed by atoms with Gasteiger partial charge in [0.25, 0.3) is 0 Å². The maximum absolute atomic E-state index is 6.06. The van der Waals surface area contributed by atoms with Crippen LogP contribution < -0.4 is 0 Å². The van der Waals surface area contributed by atoms with Gasteiger partial charge in [-0.05, 0) is 30.6 Å². The van der Waals surface area contributed by atoms with Gasteiger partial charge in [0, 0.05) is 0 Å². The second-order valence-corrected chi connectivity index (χ2v) is 21.5. The lowest BCUT2D eigenvalue weighted by Gasteiger charge is -2.39. The van der Waals surface area contributed by atoms with Crippen molar-refractivity contribution in [1.29, 1.82) is 0 Å². The summed E-state index contributed by atoms with van der Waals surface area (Å²) in [4.78, 5) is 0. The van der Waals surface area contributed by atoms with Gasteiger partial charge in [-0.3, -0.25) is 0 Å². The van der Waals surface area contributed by atoms with Gasteiger partial charge in [-0.1, -0.05) is 33.1 Å². The first-order valence-corrected chi connectivity index (χ1v) is 16.7. The molecule has 1 aliphatic rings. The van der Waals surface area contributed by atoms with Crippen LogP contribution in [0.1, 0.15) is 13.3 Å². The normalized spacial score (nSPS) is 26.2. The molecular weight excluding hydrogens is 289 g/mol. The monoisotopic (exact) mass is 313 g/mol. The summed E-state index contributed by atoms with van der Waals surface area (Å²) in [7, 11) is -3.63. The van der Waals surface area contributed by atoms with Crippen LogP contribution in [-0.4, -0.2) is 34.7 Å². The molecule has 0 aliphatic carbocycles. The molecule has 1 nitrogen and oxygen atoms in total. The molecule has 0 aromatic rings. The van der Waals surface area contributed by atoms with Gasteiger partial charge >= 0.3 is 0 Å². The Morgan fingerprint density at radius 1 is 1.12 bits per heavy atom. The average molecular weight is 314 g/mol. The number of nitrogens with zero attached hydrogens (tertiary/aromatic N) is 1. The van der Waals surface area contributed by atoms with E-state index in [0.717, 1.165) is 0 Å². The Bertz CT molecular complexity index is 230. The van der Waals surface area contributed by atoms with Gasteiger partial charge in [0.05, 0.1) is 0 Å². The van der Waals surface area contributed by atoms with Crippen molar-refractivity contribution in [2.45, 2.75) is 57.2 Å². The number of hydrogen-bond acceptors (Lipinski definition) is 1. The molecule has 0 saturated carbocycles. The molecule has 1 aliphatic heterocycles. The quantitative estimate of drug-likeness (QED) is 0.555. The van der Waals surface area contributed by atoms with Crippen LogP contribution in [0.5, 0.6) is 0 Å². The summed E-state index contributed by atoms with van der Waals surface area (Å²) >= 11 is 12.1. The van der Waals surface area contributed by atoms with E-state index in [4.69, 9.17) is 22.2 Å². The topological polar surface area (TPSA) is 3.24 Å². The molecule has 0 aromatic carbocycles. The summed E-state index contributed by atoms with van der Waals surface area (Å²) < 4.78 is 2.92. The van der Waals surface area contributed by atoms with E-state index in [2.05, 4.69) is 37.3 Å². The van der Waals surface area contributed by atoms with E-state index in [1.54, 1.807) is 0 Å². The highest BCUT2D eigenvalue weighted by Crippen LogP contribution is 2.37. The minimum Gasteiger partial charge on any atom is -0.345 e. The van der Waals surface area contributed by atoms with E-state index in [9.17, 15) is 0 Å². The smallest absolute Gasteiger partial charge is 0.239 e. The van der Waals surface area contributed by atoms with Crippen molar-refractivity contribution in [3.05, 3.63) is 0 Å². The molecule has 1 unspecified atom stereocenters. The number of hydrogen-bond donors (Lipinski definition) is 0. The predicted molar refractivity (Wildman–Crippen MR) is 84.2 cm³/mol. The summed E-state index contributed by atoms with van der Waals surface area (Å²) in [6.07, 6.45) is 1.21. The standard InChI is InChI=1S/C10H25Cl2NSi3/c1-10(14(11)12)6-7-13-15(2,3)8-9-16(13,4)5/h10,14H,6-9H2,1-5H3. The van der Waals surface area contributed by atoms with Gasteiger partial charge in [0.1, 0.15) is 16.5 Å². The SMILES string of the molecule is CC(CCN1[Si](C)(C)CC[Si]1(C)C)[SiH](Cl)Cl. The van der Waals surface area contributed by atoms with Crippen LogP contribution in [-0.2, 0) is 0 Å². The van der Waals surface area contributed by atoms with Crippen molar-refractivity contribution >= 4 is 46.0 Å². The first-order valence-electron chi connectivity index (χ1n) is 6.23. The molecule has 1 heterocycles. The minimum atomic E-state index is -1.46. The maximum Gasteiger partial charge on any atom is 0.239 e. The van der Waals surface area contributed by atoms with E-state index in [0.29, 0.717) is 5.54 Å². The van der Waals surface area contributed by atoms with Gasteiger partial charge in [-0.25, -0.2) is 0 Å². The molecule has 1 saturated heterocycles. The zero-order valence-electron chi connectivity index (χ0n) is 11.2. The summed E-state index contributed by atoms with van der Waals surface area (Å²) in [6, 6.07) is 2.98. The van der Waals surface area contributed by atoms with Gasteiger partial charge in [-0.15, -0.1) is 0 Å². The third-order valence-electron chi connectivity index (χ3n) is 4.05. The van der Waals surface area contributed by atoms with Crippen molar-refractivity contribution in [2.75, 3.05) is 6.54 Å². The number of rotatable bonds is 4. The predicted octanol–water partition coefficient (Wildman–Crippen LogP) is 4.19. The Morgan fingerprint density at radius 3 is 1.94 bits per heavy atom. The molecule has 96 valence electrons. The zero-order valence-corrected chi connectivity index (χ0v) is 15.9. The minimum absolute atomic E-state index is 0.554. The zero-order chi connectivity index (χ0) is 12.6. The van der Waals surface area contributed by atoms with E-state index < -0.39 is 23.9 Å². The Kier molecular flexibility index (Phi) is 5.19. The third kappa shape index (κ3) is 3.59. The molecule has 0 aromatic heterocycles. The van der Waals surface area contributed by atoms with Crippen LogP contribution in [0.3, 0.4) is 0 Å². The van der Waals surface area contributed by atoms with Crippen molar-refractivity contribution in [3.8, 4) is 0 Å². The van der Waals surface area contributed by atoms with Crippen molar-refractivity contribution in [2.24, 2.45) is 0 Å². The van der Waals surface area contributed by atoms with Gasteiger partial charge < -0.3 is 4.23 Å². The second kappa shape index (κ2) is 5.45. The first kappa shape index (κ1) is 15.2. The number of halogens is 2. The maximum atomic E-state index is 6.06. The molecule has 1 fully saturated rings. The molecular formula is C10H25Cl2NSi3. The Labute approximate surface area is 114 Å². The third-order valence-corrected chi connectivity index (χ3v) is 18.3. The van der Waals surface area contributed by atoms with Gasteiger partial charge in [0.15, 0.2) is 0 Å². The van der Waals surface area contributed by atoms with Crippen LogP contribution in [0.4, 0.5) is 0 Å². The average Bonchev–Trinajstić information content (AvgIpc) is 2.33. The molecule has 0 amide bonds. The van der Waals surface area contributed by atoms with Crippen LogP contribution in [0.15, 0.2) is 0 Å². The molecule has 6 heteroatoms. The summed E-state index contributed by atoms with van der Waals surface area (Å²) in [5.41, 5.74) is 0.554. The lowest BCUT2D eigenvalue weighted by atomic mass is 10.3. The molecule has 1 rings (SSSR count). The van der Waals surface area contributed by atoms with E-state index in [1.165, 1.54) is 25.1 Å². The fraction of sp³-hybridized carbons (Fsp3) is 1.00. The fourth-order valence-electron chi connectivity index (χ4n) is 2.77. The van der Waals surface area contributed by atoms with Crippen molar-refractivity contribution in [3.63, 3.8) is 0 Å². The van der Waals surface area contributed by atoms with Crippen LogP contribution in [0.25, 0.3) is 0 Å². The van der Waals surface area contributed by atoms with Crippen molar-refractivity contribution in [1.82, 2.24) is 4.23 Å². The van der Waals surface area contributed by atoms with Crippen LogP contribution in [0, 0.1) is 0 Å². The van der Waals surface area contributed by atoms with E-state index in [1.807, 2.05) is 0 Å². The second-order valence-electron chi connectivity index (χ2n) is 6.38. The van der Waals surface area contributed by atoms with Crippen molar-refractivity contribution < 1.29 is 0 Å². The molecule has 0 radical (unpaired) electrons.